The lowest BCUT2D eigenvalue weighted by Gasteiger charge is -2.15. The molecule has 6 heteroatoms. The Labute approximate surface area is 125 Å². The Balaban J connectivity index is 2.46. The summed E-state index contributed by atoms with van der Waals surface area (Å²) in [5.74, 6) is 0.680. The van der Waals surface area contributed by atoms with Gasteiger partial charge in [0.05, 0.1) is 0 Å². The van der Waals surface area contributed by atoms with Crippen LogP contribution in [0, 0.1) is 0 Å². The lowest BCUT2D eigenvalue weighted by molar-refractivity contribution is -0.127. The predicted octanol–water partition coefficient (Wildman–Crippen LogP) is 1.32. The third-order valence-electron chi connectivity index (χ3n) is 2.54. The van der Waals surface area contributed by atoms with E-state index in [1.807, 2.05) is 13.8 Å². The Morgan fingerprint density at radius 2 is 2.20 bits per heavy atom. The third kappa shape index (κ3) is 6.56. The number of thiophene rings is 1. The standard InChI is InChI=1S/C14H24N4OS/c1-11(2)17-14(16-10-13(19)18(3)4)15-8-7-12-6-5-9-20-12/h5-6,9,11H,7-8,10H2,1-4H3,(H2,15,16,17). The van der Waals surface area contributed by atoms with E-state index in [1.165, 1.54) is 4.88 Å². The first kappa shape index (κ1) is 16.5. The lowest BCUT2D eigenvalue weighted by atomic mass is 10.3. The minimum Gasteiger partial charge on any atom is -0.356 e. The van der Waals surface area contributed by atoms with Crippen molar-refractivity contribution < 1.29 is 4.79 Å². The van der Waals surface area contributed by atoms with Crippen LogP contribution in [-0.4, -0.2) is 50.0 Å². The molecule has 20 heavy (non-hydrogen) atoms. The number of hydrogen-bond donors (Lipinski definition) is 2. The predicted molar refractivity (Wildman–Crippen MR) is 85.3 cm³/mol. The molecule has 1 amide bonds. The van der Waals surface area contributed by atoms with Crippen LogP contribution in [0.5, 0.6) is 0 Å². The fraction of sp³-hybridized carbons (Fsp3) is 0.571. The maximum Gasteiger partial charge on any atom is 0.243 e. The molecule has 1 rings (SSSR count). The molecule has 0 aromatic carbocycles. The molecule has 0 bridgehead atoms. The molecule has 1 aromatic heterocycles. The zero-order chi connectivity index (χ0) is 15.0. The van der Waals surface area contributed by atoms with E-state index in [0.717, 1.165) is 13.0 Å². The average molecular weight is 296 g/mol. The van der Waals surface area contributed by atoms with Crippen molar-refractivity contribution in [2.24, 2.45) is 4.99 Å². The highest BCUT2D eigenvalue weighted by Gasteiger charge is 2.05. The van der Waals surface area contributed by atoms with Crippen molar-refractivity contribution in [2.45, 2.75) is 26.3 Å². The molecule has 0 saturated heterocycles. The van der Waals surface area contributed by atoms with Gasteiger partial charge in [-0.2, -0.15) is 0 Å². The van der Waals surface area contributed by atoms with Gasteiger partial charge >= 0.3 is 0 Å². The van der Waals surface area contributed by atoms with Crippen LogP contribution in [0.1, 0.15) is 18.7 Å². The second-order valence-corrected chi connectivity index (χ2v) is 6.04. The number of guanidine groups is 1. The van der Waals surface area contributed by atoms with E-state index < -0.39 is 0 Å². The summed E-state index contributed by atoms with van der Waals surface area (Å²) >= 11 is 1.75. The first-order valence-electron chi connectivity index (χ1n) is 6.76. The molecular weight excluding hydrogens is 272 g/mol. The van der Waals surface area contributed by atoms with Crippen molar-refractivity contribution in [3.63, 3.8) is 0 Å². The topological polar surface area (TPSA) is 56.7 Å². The Morgan fingerprint density at radius 3 is 2.75 bits per heavy atom. The summed E-state index contributed by atoms with van der Waals surface area (Å²) in [5.41, 5.74) is 0. The van der Waals surface area contributed by atoms with Crippen molar-refractivity contribution in [3.8, 4) is 0 Å². The maximum atomic E-state index is 11.6. The molecule has 0 unspecified atom stereocenters. The zero-order valence-electron chi connectivity index (χ0n) is 12.6. The summed E-state index contributed by atoms with van der Waals surface area (Å²) < 4.78 is 0. The Hall–Kier alpha value is -1.56. The number of amides is 1. The summed E-state index contributed by atoms with van der Waals surface area (Å²) in [6.45, 7) is 5.05. The van der Waals surface area contributed by atoms with Gasteiger partial charge in [0.2, 0.25) is 5.91 Å². The van der Waals surface area contributed by atoms with Crippen LogP contribution in [0.25, 0.3) is 0 Å². The number of hydrogen-bond acceptors (Lipinski definition) is 3. The summed E-state index contributed by atoms with van der Waals surface area (Å²) in [4.78, 5) is 18.8. The van der Waals surface area contributed by atoms with Gasteiger partial charge < -0.3 is 15.5 Å². The van der Waals surface area contributed by atoms with Gasteiger partial charge in [0.25, 0.3) is 0 Å². The normalized spacial score (nSPS) is 11.6. The molecule has 2 N–H and O–H groups in total. The van der Waals surface area contributed by atoms with Crippen molar-refractivity contribution >= 4 is 23.2 Å². The number of carbonyl (C=O) groups excluding carboxylic acids is 1. The second kappa shape index (κ2) is 8.58. The molecule has 5 nitrogen and oxygen atoms in total. The third-order valence-corrected chi connectivity index (χ3v) is 3.48. The summed E-state index contributed by atoms with van der Waals surface area (Å²) in [7, 11) is 3.47. The number of nitrogens with zero attached hydrogens (tertiary/aromatic N) is 2. The smallest absolute Gasteiger partial charge is 0.243 e. The maximum absolute atomic E-state index is 11.6. The number of nitrogens with one attached hydrogen (secondary N) is 2. The first-order chi connectivity index (χ1) is 9.49. The van der Waals surface area contributed by atoms with Gasteiger partial charge in [-0.15, -0.1) is 11.3 Å². The Bertz CT molecular complexity index is 426. The molecule has 1 aromatic rings. The molecule has 0 saturated carbocycles. The highest BCUT2D eigenvalue weighted by atomic mass is 32.1. The van der Waals surface area contributed by atoms with E-state index in [9.17, 15) is 4.79 Å². The Morgan fingerprint density at radius 1 is 1.45 bits per heavy atom. The van der Waals surface area contributed by atoms with E-state index in [-0.39, 0.29) is 18.5 Å². The van der Waals surface area contributed by atoms with E-state index in [1.54, 1.807) is 30.3 Å². The van der Waals surface area contributed by atoms with Crippen molar-refractivity contribution in [3.05, 3.63) is 22.4 Å². The monoisotopic (exact) mass is 296 g/mol. The van der Waals surface area contributed by atoms with Gasteiger partial charge in [0, 0.05) is 31.6 Å². The molecule has 0 spiro atoms. The van der Waals surface area contributed by atoms with E-state index in [0.29, 0.717) is 5.96 Å². The van der Waals surface area contributed by atoms with Crippen LogP contribution >= 0.6 is 11.3 Å². The van der Waals surface area contributed by atoms with Crippen LogP contribution in [0.15, 0.2) is 22.5 Å². The van der Waals surface area contributed by atoms with Crippen LogP contribution in [0.4, 0.5) is 0 Å². The van der Waals surface area contributed by atoms with Gasteiger partial charge in [-0.05, 0) is 31.7 Å². The van der Waals surface area contributed by atoms with Crippen LogP contribution < -0.4 is 10.6 Å². The first-order valence-corrected chi connectivity index (χ1v) is 7.64. The minimum absolute atomic E-state index is 0.00638. The summed E-state index contributed by atoms with van der Waals surface area (Å²) in [6, 6.07) is 4.45. The molecule has 0 atom stereocenters. The summed E-state index contributed by atoms with van der Waals surface area (Å²) in [6.07, 6.45) is 0.956. The van der Waals surface area contributed by atoms with Gasteiger partial charge in [0.15, 0.2) is 5.96 Å². The SMILES string of the molecule is CC(C)NC(=NCC(=O)N(C)C)NCCc1cccs1. The van der Waals surface area contributed by atoms with Crippen molar-refractivity contribution in [1.82, 2.24) is 15.5 Å². The van der Waals surface area contributed by atoms with Crippen LogP contribution in [-0.2, 0) is 11.2 Å². The fourth-order valence-corrected chi connectivity index (χ4v) is 2.18. The fourth-order valence-electron chi connectivity index (χ4n) is 1.47. The molecule has 0 aliphatic heterocycles. The van der Waals surface area contributed by atoms with E-state index in [2.05, 4.69) is 33.1 Å². The Kier molecular flexibility index (Phi) is 7.08. The van der Waals surface area contributed by atoms with Crippen LogP contribution in [0.2, 0.25) is 0 Å². The molecule has 1 heterocycles. The molecule has 0 radical (unpaired) electrons. The largest absolute Gasteiger partial charge is 0.356 e. The van der Waals surface area contributed by atoms with Crippen molar-refractivity contribution in [2.75, 3.05) is 27.2 Å². The minimum atomic E-state index is -0.00638. The molecule has 112 valence electrons. The number of carbonyl (C=O) groups is 1. The molecule has 0 aliphatic rings. The lowest BCUT2D eigenvalue weighted by Crippen LogP contribution is -2.42. The van der Waals surface area contributed by atoms with Gasteiger partial charge in [-0.3, -0.25) is 4.79 Å². The number of aliphatic imine (C=N–C) groups is 1. The number of likely N-dealkylation sites (N-methyl/N-ethyl adjacent to an activating group) is 1. The highest BCUT2D eigenvalue weighted by molar-refractivity contribution is 7.09. The van der Waals surface area contributed by atoms with Crippen LogP contribution in [0.3, 0.4) is 0 Å². The van der Waals surface area contributed by atoms with E-state index in [4.69, 9.17) is 0 Å². The molecule has 0 aliphatic carbocycles. The van der Waals surface area contributed by atoms with Gasteiger partial charge in [-0.1, -0.05) is 6.07 Å². The average Bonchev–Trinajstić information content (AvgIpc) is 2.87. The van der Waals surface area contributed by atoms with Gasteiger partial charge in [-0.25, -0.2) is 4.99 Å². The quantitative estimate of drug-likeness (QED) is 0.615. The van der Waals surface area contributed by atoms with Gasteiger partial charge in [0.1, 0.15) is 6.54 Å². The van der Waals surface area contributed by atoms with Crippen molar-refractivity contribution in [1.29, 1.82) is 0 Å². The highest BCUT2D eigenvalue weighted by Crippen LogP contribution is 2.07. The van der Waals surface area contributed by atoms with E-state index >= 15 is 0 Å². The molecule has 0 fully saturated rings. The molecular formula is C14H24N4OS. The second-order valence-electron chi connectivity index (χ2n) is 5.01. The summed E-state index contributed by atoms with van der Waals surface area (Å²) in [5, 5.41) is 8.56. The number of rotatable bonds is 6. The zero-order valence-corrected chi connectivity index (χ0v) is 13.5.